The van der Waals surface area contributed by atoms with Crippen molar-refractivity contribution in [3.63, 3.8) is 0 Å². The average Bonchev–Trinajstić information content (AvgIpc) is 2.76. The van der Waals surface area contributed by atoms with E-state index < -0.39 is 0 Å². The molecule has 1 heterocycles. The van der Waals surface area contributed by atoms with Crippen molar-refractivity contribution in [2.75, 3.05) is 0 Å². The van der Waals surface area contributed by atoms with Crippen molar-refractivity contribution in [2.24, 2.45) is 5.10 Å². The zero-order chi connectivity index (χ0) is 13.0. The minimum atomic E-state index is -0.376. The molecule has 0 saturated heterocycles. The number of halogens is 2. The van der Waals surface area contributed by atoms with Crippen molar-refractivity contribution in [2.45, 2.75) is 0 Å². The van der Waals surface area contributed by atoms with E-state index in [-0.39, 0.29) is 11.7 Å². The Morgan fingerprint density at radius 2 is 2.00 bits per heavy atom. The molecule has 0 aliphatic heterocycles. The zero-order valence-electron chi connectivity index (χ0n) is 9.06. The summed E-state index contributed by atoms with van der Waals surface area (Å²) in [6.45, 7) is 0. The Morgan fingerprint density at radius 3 is 2.61 bits per heavy atom. The van der Waals surface area contributed by atoms with Crippen LogP contribution in [-0.2, 0) is 0 Å². The molecule has 0 spiro atoms. The quantitative estimate of drug-likeness (QED) is 0.681. The molecular formula is C12H8BrFN2OS. The molecule has 6 heteroatoms. The Labute approximate surface area is 115 Å². The molecule has 0 aliphatic carbocycles. The number of amides is 1. The molecule has 18 heavy (non-hydrogen) atoms. The van der Waals surface area contributed by atoms with Gasteiger partial charge in [-0.05, 0) is 52.3 Å². The van der Waals surface area contributed by atoms with Gasteiger partial charge in [-0.25, -0.2) is 9.82 Å². The highest BCUT2D eigenvalue weighted by Gasteiger charge is 2.03. The third-order valence-corrected chi connectivity index (χ3v) is 3.62. The van der Waals surface area contributed by atoms with Crippen LogP contribution in [0.2, 0.25) is 0 Å². The van der Waals surface area contributed by atoms with Crippen molar-refractivity contribution in [3.05, 3.63) is 56.4 Å². The molecule has 1 aromatic heterocycles. The van der Waals surface area contributed by atoms with Crippen LogP contribution in [0.15, 0.2) is 45.3 Å². The fourth-order valence-corrected chi connectivity index (χ4v) is 2.51. The summed E-state index contributed by atoms with van der Waals surface area (Å²) < 4.78 is 13.7. The second-order valence-electron chi connectivity index (χ2n) is 3.35. The van der Waals surface area contributed by atoms with Gasteiger partial charge in [0.05, 0.1) is 10.0 Å². The Bertz CT molecular complexity index is 580. The molecule has 3 nitrogen and oxygen atoms in total. The number of hydrogen-bond donors (Lipinski definition) is 1. The van der Waals surface area contributed by atoms with Crippen LogP contribution in [0.4, 0.5) is 4.39 Å². The van der Waals surface area contributed by atoms with E-state index in [0.29, 0.717) is 5.56 Å². The van der Waals surface area contributed by atoms with E-state index in [1.807, 2.05) is 12.1 Å². The SMILES string of the molecule is O=C(N/N=C/c1ccc(Br)s1)c1ccc(F)cc1. The van der Waals surface area contributed by atoms with Crippen LogP contribution in [-0.4, -0.2) is 12.1 Å². The monoisotopic (exact) mass is 326 g/mol. The summed E-state index contributed by atoms with van der Waals surface area (Å²) in [5, 5.41) is 3.82. The molecule has 1 N–H and O–H groups in total. The molecule has 0 radical (unpaired) electrons. The van der Waals surface area contributed by atoms with Gasteiger partial charge in [0, 0.05) is 10.4 Å². The van der Waals surface area contributed by atoms with Crippen LogP contribution in [0, 0.1) is 5.82 Å². The third-order valence-electron chi connectivity index (χ3n) is 2.06. The van der Waals surface area contributed by atoms with Crippen LogP contribution >= 0.6 is 27.3 Å². The van der Waals surface area contributed by atoms with Gasteiger partial charge < -0.3 is 0 Å². The number of carbonyl (C=O) groups is 1. The van der Waals surface area contributed by atoms with Crippen LogP contribution in [0.1, 0.15) is 15.2 Å². The van der Waals surface area contributed by atoms with Crippen molar-refractivity contribution >= 4 is 39.4 Å². The van der Waals surface area contributed by atoms with Gasteiger partial charge in [0.1, 0.15) is 5.82 Å². The van der Waals surface area contributed by atoms with Gasteiger partial charge >= 0.3 is 0 Å². The van der Waals surface area contributed by atoms with Gasteiger partial charge in [-0.15, -0.1) is 11.3 Å². The number of benzene rings is 1. The number of nitrogens with one attached hydrogen (secondary N) is 1. The summed E-state index contributed by atoms with van der Waals surface area (Å²) in [5.74, 6) is -0.750. The van der Waals surface area contributed by atoms with E-state index >= 15 is 0 Å². The number of hydrogen-bond acceptors (Lipinski definition) is 3. The van der Waals surface area contributed by atoms with Crippen LogP contribution < -0.4 is 5.43 Å². The Morgan fingerprint density at radius 1 is 1.28 bits per heavy atom. The first kappa shape index (κ1) is 12.9. The summed E-state index contributed by atoms with van der Waals surface area (Å²) in [7, 11) is 0. The van der Waals surface area contributed by atoms with Crippen molar-refractivity contribution in [1.29, 1.82) is 0 Å². The first-order valence-corrected chi connectivity index (χ1v) is 6.60. The number of thiophene rings is 1. The normalized spacial score (nSPS) is 10.8. The highest BCUT2D eigenvalue weighted by atomic mass is 79.9. The minimum absolute atomic E-state index is 0.362. The predicted octanol–water partition coefficient (Wildman–Crippen LogP) is 3.41. The van der Waals surface area contributed by atoms with Crippen LogP contribution in [0.25, 0.3) is 0 Å². The number of hydrazone groups is 1. The molecule has 0 aliphatic rings. The molecule has 0 bridgehead atoms. The number of rotatable bonds is 3. The largest absolute Gasteiger partial charge is 0.271 e. The summed E-state index contributed by atoms with van der Waals surface area (Å²) in [4.78, 5) is 12.5. The van der Waals surface area contributed by atoms with E-state index in [1.54, 1.807) is 6.21 Å². The molecule has 0 unspecified atom stereocenters. The molecule has 1 amide bonds. The second kappa shape index (κ2) is 5.88. The Balaban J connectivity index is 1.96. The van der Waals surface area contributed by atoms with Gasteiger partial charge in [-0.3, -0.25) is 4.79 Å². The van der Waals surface area contributed by atoms with Crippen molar-refractivity contribution in [3.8, 4) is 0 Å². The standard InChI is InChI=1S/C12H8BrFN2OS/c13-11-6-5-10(18-11)7-15-16-12(17)8-1-3-9(14)4-2-8/h1-7H,(H,16,17)/b15-7+. The minimum Gasteiger partial charge on any atom is -0.267 e. The van der Waals surface area contributed by atoms with Gasteiger partial charge in [-0.2, -0.15) is 5.10 Å². The lowest BCUT2D eigenvalue weighted by Gasteiger charge is -1.98. The molecule has 1 aromatic carbocycles. The summed E-state index contributed by atoms with van der Waals surface area (Å²) in [5.41, 5.74) is 2.74. The number of nitrogens with zero attached hydrogens (tertiary/aromatic N) is 1. The molecule has 92 valence electrons. The van der Waals surface area contributed by atoms with E-state index in [0.717, 1.165) is 8.66 Å². The molecule has 0 saturated carbocycles. The molecular weight excluding hydrogens is 319 g/mol. The Kier molecular flexibility index (Phi) is 4.22. The fraction of sp³-hybridized carbons (Fsp3) is 0. The number of carbonyl (C=O) groups excluding carboxylic acids is 1. The fourth-order valence-electron chi connectivity index (χ4n) is 1.22. The van der Waals surface area contributed by atoms with Gasteiger partial charge in [0.25, 0.3) is 5.91 Å². The van der Waals surface area contributed by atoms with E-state index in [9.17, 15) is 9.18 Å². The maximum atomic E-state index is 12.7. The van der Waals surface area contributed by atoms with Gasteiger partial charge in [0.2, 0.25) is 0 Å². The predicted molar refractivity (Wildman–Crippen MR) is 73.5 cm³/mol. The maximum Gasteiger partial charge on any atom is 0.271 e. The lowest BCUT2D eigenvalue weighted by Crippen LogP contribution is -2.17. The lowest BCUT2D eigenvalue weighted by molar-refractivity contribution is 0.0955. The van der Waals surface area contributed by atoms with E-state index in [1.165, 1.54) is 35.6 Å². The highest BCUT2D eigenvalue weighted by Crippen LogP contribution is 2.20. The van der Waals surface area contributed by atoms with E-state index in [2.05, 4.69) is 26.5 Å². The van der Waals surface area contributed by atoms with Crippen molar-refractivity contribution in [1.82, 2.24) is 5.43 Å². The summed E-state index contributed by atoms with van der Waals surface area (Å²) in [6, 6.07) is 9.05. The van der Waals surface area contributed by atoms with Gasteiger partial charge in [0.15, 0.2) is 0 Å². The average molecular weight is 327 g/mol. The smallest absolute Gasteiger partial charge is 0.267 e. The lowest BCUT2D eigenvalue weighted by atomic mass is 10.2. The zero-order valence-corrected chi connectivity index (χ0v) is 11.5. The highest BCUT2D eigenvalue weighted by molar-refractivity contribution is 9.11. The molecule has 0 atom stereocenters. The summed E-state index contributed by atoms with van der Waals surface area (Å²) >= 11 is 4.83. The van der Waals surface area contributed by atoms with Crippen LogP contribution in [0.5, 0.6) is 0 Å². The van der Waals surface area contributed by atoms with Crippen molar-refractivity contribution < 1.29 is 9.18 Å². The molecule has 2 rings (SSSR count). The second-order valence-corrected chi connectivity index (χ2v) is 5.84. The van der Waals surface area contributed by atoms with Crippen LogP contribution in [0.3, 0.4) is 0 Å². The third kappa shape index (κ3) is 3.48. The summed E-state index contributed by atoms with van der Waals surface area (Å²) in [6.07, 6.45) is 1.55. The maximum absolute atomic E-state index is 12.7. The van der Waals surface area contributed by atoms with E-state index in [4.69, 9.17) is 0 Å². The van der Waals surface area contributed by atoms with Gasteiger partial charge in [-0.1, -0.05) is 0 Å². The topological polar surface area (TPSA) is 41.5 Å². The molecule has 0 fully saturated rings. The Hall–Kier alpha value is -1.53. The first-order chi connectivity index (χ1) is 8.65. The molecule has 2 aromatic rings. The first-order valence-electron chi connectivity index (χ1n) is 4.99.